The monoisotopic (exact) mass is 165 g/mol. The van der Waals surface area contributed by atoms with E-state index in [1.165, 1.54) is 0 Å². The minimum absolute atomic E-state index is 0.329. The van der Waals surface area contributed by atoms with E-state index >= 15 is 0 Å². The van der Waals surface area contributed by atoms with Gasteiger partial charge in [-0.1, -0.05) is 0 Å². The van der Waals surface area contributed by atoms with E-state index in [0.717, 1.165) is 0 Å². The first-order valence-corrected chi connectivity index (χ1v) is 3.10. The Morgan fingerprint density at radius 3 is 2.38 bits per heavy atom. The molecule has 3 nitrogen and oxygen atoms in total. The van der Waals surface area contributed by atoms with E-state index in [4.69, 9.17) is 0 Å². The van der Waals surface area contributed by atoms with E-state index in [9.17, 15) is 0 Å². The van der Waals surface area contributed by atoms with Gasteiger partial charge in [-0.3, -0.25) is 0 Å². The fraction of sp³-hybridized carbons (Fsp3) is 0.500. The zero-order valence-electron chi connectivity index (χ0n) is 3.70. The Labute approximate surface area is 62.8 Å². The van der Waals surface area contributed by atoms with Crippen molar-refractivity contribution >= 4 is 42.6 Å². The summed E-state index contributed by atoms with van der Waals surface area (Å²) in [5.41, 5.74) is 0. The standard InChI is InChI=1S/C2H3N3S3/c6-1-3-2(7,8)5-4-1/h7-8H,(H,3,6). The Hall–Kier alpha value is 0.190. The zero-order valence-corrected chi connectivity index (χ0v) is 6.30. The third-order valence-corrected chi connectivity index (χ3v) is 1.14. The van der Waals surface area contributed by atoms with Crippen molar-refractivity contribution in [2.45, 2.75) is 4.33 Å². The molecule has 0 saturated carbocycles. The topological polar surface area (TPSA) is 36.8 Å². The van der Waals surface area contributed by atoms with Crippen LogP contribution in [0.1, 0.15) is 0 Å². The highest BCUT2D eigenvalue weighted by atomic mass is 32.2. The molecule has 1 aliphatic heterocycles. The summed E-state index contributed by atoms with van der Waals surface area (Å²) in [5, 5.41) is 9.98. The quantitative estimate of drug-likeness (QED) is 0.282. The molecule has 1 heterocycles. The smallest absolute Gasteiger partial charge is 0.241 e. The van der Waals surface area contributed by atoms with Crippen molar-refractivity contribution in [1.82, 2.24) is 5.32 Å². The van der Waals surface area contributed by atoms with Crippen LogP contribution in [0.4, 0.5) is 0 Å². The average Bonchev–Trinajstić information content (AvgIpc) is 1.82. The summed E-state index contributed by atoms with van der Waals surface area (Å²) in [5.74, 6) is 0. The van der Waals surface area contributed by atoms with E-state index < -0.39 is 4.33 Å². The summed E-state index contributed by atoms with van der Waals surface area (Å²) in [7, 11) is 0. The van der Waals surface area contributed by atoms with Crippen LogP contribution in [0, 0.1) is 0 Å². The number of hydrogen-bond acceptors (Lipinski definition) is 4. The minimum atomic E-state index is -0.878. The Morgan fingerprint density at radius 2 is 2.25 bits per heavy atom. The second-order valence-electron chi connectivity index (χ2n) is 1.27. The van der Waals surface area contributed by atoms with Crippen LogP contribution in [0.5, 0.6) is 0 Å². The summed E-state index contributed by atoms with van der Waals surface area (Å²) in [4.78, 5) is 0. The number of nitrogens with one attached hydrogen (secondary N) is 1. The third kappa shape index (κ3) is 1.33. The molecule has 0 unspecified atom stereocenters. The van der Waals surface area contributed by atoms with E-state index in [-0.39, 0.29) is 0 Å². The van der Waals surface area contributed by atoms with Crippen molar-refractivity contribution in [3.8, 4) is 0 Å². The summed E-state index contributed by atoms with van der Waals surface area (Å²) in [6.45, 7) is 0. The Balaban J connectivity index is 2.72. The predicted molar refractivity (Wildman–Crippen MR) is 41.3 cm³/mol. The minimum Gasteiger partial charge on any atom is -0.317 e. The molecule has 0 aromatic rings. The fourth-order valence-electron chi connectivity index (χ4n) is 0.309. The summed E-state index contributed by atoms with van der Waals surface area (Å²) in [6.07, 6.45) is 0. The number of rotatable bonds is 0. The van der Waals surface area contributed by atoms with Gasteiger partial charge in [-0.25, -0.2) is 0 Å². The van der Waals surface area contributed by atoms with Crippen LogP contribution in [-0.2, 0) is 0 Å². The van der Waals surface area contributed by atoms with Crippen LogP contribution in [0.3, 0.4) is 0 Å². The first-order valence-electron chi connectivity index (χ1n) is 1.80. The van der Waals surface area contributed by atoms with Crippen LogP contribution in [-0.4, -0.2) is 9.44 Å². The van der Waals surface area contributed by atoms with Crippen LogP contribution in [0.15, 0.2) is 10.2 Å². The predicted octanol–water partition coefficient (Wildman–Crippen LogP) is 0.798. The van der Waals surface area contributed by atoms with Gasteiger partial charge in [0.15, 0.2) is 0 Å². The van der Waals surface area contributed by atoms with E-state index in [1.54, 1.807) is 0 Å². The lowest BCUT2D eigenvalue weighted by Crippen LogP contribution is -2.29. The van der Waals surface area contributed by atoms with Gasteiger partial charge in [0.05, 0.1) is 0 Å². The van der Waals surface area contributed by atoms with Crippen molar-refractivity contribution < 1.29 is 0 Å². The SMILES string of the molecule is S=C1N=NC(S)(S)N1. The molecule has 1 rings (SSSR count). The van der Waals surface area contributed by atoms with Gasteiger partial charge in [0, 0.05) is 0 Å². The van der Waals surface area contributed by atoms with Gasteiger partial charge in [-0.05, 0) is 12.2 Å². The fourth-order valence-corrected chi connectivity index (χ4v) is 0.950. The van der Waals surface area contributed by atoms with Crippen LogP contribution >= 0.6 is 37.5 Å². The highest BCUT2D eigenvalue weighted by Crippen LogP contribution is 2.21. The van der Waals surface area contributed by atoms with Crippen LogP contribution < -0.4 is 5.32 Å². The largest absolute Gasteiger partial charge is 0.317 e. The van der Waals surface area contributed by atoms with Crippen molar-refractivity contribution in [1.29, 1.82) is 0 Å². The second kappa shape index (κ2) is 1.85. The van der Waals surface area contributed by atoms with Gasteiger partial charge in [0.25, 0.3) is 0 Å². The molecule has 1 aliphatic rings. The lowest BCUT2D eigenvalue weighted by molar-refractivity contribution is 0.839. The molecule has 0 atom stereocenters. The number of thiol groups is 2. The molecule has 0 aliphatic carbocycles. The molecule has 0 saturated heterocycles. The Kier molecular flexibility index (Phi) is 1.46. The van der Waals surface area contributed by atoms with Crippen LogP contribution in [0.25, 0.3) is 0 Å². The molecule has 0 fully saturated rings. The Morgan fingerprint density at radius 1 is 1.62 bits per heavy atom. The maximum absolute atomic E-state index is 4.60. The molecule has 0 bridgehead atoms. The molecular weight excluding hydrogens is 162 g/mol. The molecule has 6 heteroatoms. The molecular formula is C2H3N3S3. The molecule has 0 spiro atoms. The highest BCUT2D eigenvalue weighted by Gasteiger charge is 2.24. The van der Waals surface area contributed by atoms with E-state index in [1.807, 2.05) is 0 Å². The first-order chi connectivity index (χ1) is 3.60. The van der Waals surface area contributed by atoms with Gasteiger partial charge < -0.3 is 5.32 Å². The Bertz CT molecular complexity index is 151. The van der Waals surface area contributed by atoms with E-state index in [0.29, 0.717) is 5.11 Å². The average molecular weight is 165 g/mol. The molecule has 8 heavy (non-hydrogen) atoms. The summed E-state index contributed by atoms with van der Waals surface area (Å²) < 4.78 is -0.878. The van der Waals surface area contributed by atoms with Crippen LogP contribution in [0.2, 0.25) is 0 Å². The molecule has 44 valence electrons. The summed E-state index contributed by atoms with van der Waals surface area (Å²) in [6, 6.07) is 0. The number of thiocarbonyl (C=S) groups is 1. The number of nitrogens with zero attached hydrogens (tertiary/aromatic N) is 2. The second-order valence-corrected chi connectivity index (χ2v) is 3.30. The van der Waals surface area contributed by atoms with Crippen molar-refractivity contribution in [3.05, 3.63) is 0 Å². The van der Waals surface area contributed by atoms with Crippen molar-refractivity contribution in [2.24, 2.45) is 10.2 Å². The zero-order chi connectivity index (χ0) is 6.20. The first kappa shape index (κ1) is 6.31. The lowest BCUT2D eigenvalue weighted by Gasteiger charge is -2.08. The number of azo groups is 1. The van der Waals surface area contributed by atoms with Crippen molar-refractivity contribution in [3.63, 3.8) is 0 Å². The lowest BCUT2D eigenvalue weighted by atomic mass is 11.0. The highest BCUT2D eigenvalue weighted by molar-refractivity contribution is 8.00. The molecule has 1 N–H and O–H groups in total. The molecule has 0 aromatic heterocycles. The normalized spacial score (nSPS) is 23.5. The van der Waals surface area contributed by atoms with Gasteiger partial charge in [-0.15, -0.1) is 35.5 Å². The van der Waals surface area contributed by atoms with Gasteiger partial charge in [-0.2, -0.15) is 0 Å². The van der Waals surface area contributed by atoms with Gasteiger partial charge in [0.1, 0.15) is 0 Å². The molecule has 0 amide bonds. The molecule has 0 aromatic carbocycles. The summed E-state index contributed by atoms with van der Waals surface area (Å²) >= 11 is 12.4. The third-order valence-electron chi connectivity index (χ3n) is 0.555. The van der Waals surface area contributed by atoms with Crippen molar-refractivity contribution in [2.75, 3.05) is 0 Å². The van der Waals surface area contributed by atoms with Gasteiger partial charge in [0.2, 0.25) is 9.44 Å². The number of hydrogen-bond donors (Lipinski definition) is 3. The maximum atomic E-state index is 4.60. The van der Waals surface area contributed by atoms with Gasteiger partial charge >= 0.3 is 0 Å². The van der Waals surface area contributed by atoms with E-state index in [2.05, 4.69) is 53.0 Å². The molecule has 0 radical (unpaired) electrons. The maximum Gasteiger partial charge on any atom is 0.241 e.